The van der Waals surface area contributed by atoms with Crippen molar-refractivity contribution in [3.63, 3.8) is 0 Å². The summed E-state index contributed by atoms with van der Waals surface area (Å²) in [5.74, 6) is -0.730. The molecule has 0 unspecified atom stereocenters. The highest BCUT2D eigenvalue weighted by Gasteiger charge is 2.25. The monoisotopic (exact) mass is 390 g/mol. The van der Waals surface area contributed by atoms with Crippen LogP contribution in [-0.4, -0.2) is 20.4 Å². The molecule has 1 aromatic carbocycles. The molecule has 0 saturated heterocycles. The smallest absolute Gasteiger partial charge is 0.257 e. The van der Waals surface area contributed by atoms with E-state index in [-0.39, 0.29) is 34.1 Å². The molecule has 0 aliphatic heterocycles. The summed E-state index contributed by atoms with van der Waals surface area (Å²) in [5.41, 5.74) is 0.982. The summed E-state index contributed by atoms with van der Waals surface area (Å²) in [6.45, 7) is 1.81. The number of halogens is 2. The zero-order chi connectivity index (χ0) is 18.3. The molecule has 0 aliphatic carbocycles. The van der Waals surface area contributed by atoms with Crippen LogP contribution < -0.4 is 5.32 Å². The number of amides is 1. The van der Waals surface area contributed by atoms with Gasteiger partial charge >= 0.3 is 0 Å². The molecule has 0 atom stereocenters. The number of nitrogens with zero attached hydrogens (tertiary/aromatic N) is 3. The minimum Gasteiger partial charge on any atom is -0.360 e. The molecule has 0 aliphatic rings. The second kappa shape index (κ2) is 6.54. The van der Waals surface area contributed by atoms with Crippen LogP contribution in [-0.2, 0) is 6.54 Å². The lowest BCUT2D eigenvalue weighted by Crippen LogP contribution is -2.24. The zero-order valence-electron chi connectivity index (χ0n) is 13.5. The number of thiazole rings is 1. The maximum Gasteiger partial charge on any atom is 0.257 e. The van der Waals surface area contributed by atoms with Crippen molar-refractivity contribution in [2.45, 2.75) is 13.5 Å². The Morgan fingerprint density at radius 2 is 2.31 bits per heavy atom. The Labute approximate surface area is 156 Å². The number of aromatic nitrogens is 3. The number of hydrogen-bond acceptors (Lipinski definition) is 5. The van der Waals surface area contributed by atoms with Crippen LogP contribution in [0.3, 0.4) is 0 Å². The first-order chi connectivity index (χ1) is 12.5. The van der Waals surface area contributed by atoms with Crippen molar-refractivity contribution in [3.05, 3.63) is 63.8 Å². The van der Waals surface area contributed by atoms with E-state index in [0.29, 0.717) is 5.69 Å². The van der Waals surface area contributed by atoms with Gasteiger partial charge in [-0.25, -0.2) is 9.37 Å². The zero-order valence-corrected chi connectivity index (χ0v) is 15.1. The molecular weight excluding hydrogens is 379 g/mol. The number of carbonyl (C=O) groups is 1. The van der Waals surface area contributed by atoms with Crippen molar-refractivity contribution in [1.82, 2.24) is 19.9 Å². The standard InChI is InChI=1S/C17H12ClFN4O2S/c1-9-13(15(22-25-9)14-11(18)3-2-4-12(14)19)16(24)20-7-10-8-23-5-6-26-17(23)21-10/h2-6,8H,7H2,1H3,(H,20,24). The largest absolute Gasteiger partial charge is 0.360 e. The Hall–Kier alpha value is -2.71. The molecule has 0 saturated carbocycles. The van der Waals surface area contributed by atoms with Crippen LogP contribution in [0, 0.1) is 12.7 Å². The second-order valence-electron chi connectivity index (χ2n) is 5.57. The predicted molar refractivity (Wildman–Crippen MR) is 95.9 cm³/mol. The van der Waals surface area contributed by atoms with Gasteiger partial charge in [0.05, 0.1) is 22.8 Å². The van der Waals surface area contributed by atoms with Crippen molar-refractivity contribution in [1.29, 1.82) is 0 Å². The molecule has 4 rings (SSSR count). The van der Waals surface area contributed by atoms with E-state index in [9.17, 15) is 9.18 Å². The third kappa shape index (κ3) is 2.87. The Kier molecular flexibility index (Phi) is 4.21. The molecule has 1 amide bonds. The van der Waals surface area contributed by atoms with Gasteiger partial charge in [-0.15, -0.1) is 11.3 Å². The Balaban J connectivity index is 1.62. The number of rotatable bonds is 4. The lowest BCUT2D eigenvalue weighted by Gasteiger charge is -2.06. The maximum absolute atomic E-state index is 14.2. The highest BCUT2D eigenvalue weighted by atomic mass is 35.5. The molecule has 3 aromatic heterocycles. The van der Waals surface area contributed by atoms with E-state index in [1.807, 2.05) is 22.2 Å². The van der Waals surface area contributed by atoms with Crippen LogP contribution in [0.1, 0.15) is 21.8 Å². The molecule has 4 aromatic rings. The normalized spacial score (nSPS) is 11.2. The third-order valence-electron chi connectivity index (χ3n) is 3.86. The van der Waals surface area contributed by atoms with Crippen molar-refractivity contribution >= 4 is 33.8 Å². The first-order valence-corrected chi connectivity index (χ1v) is 8.90. The summed E-state index contributed by atoms with van der Waals surface area (Å²) in [6, 6.07) is 4.27. The van der Waals surface area contributed by atoms with E-state index in [2.05, 4.69) is 15.5 Å². The second-order valence-corrected chi connectivity index (χ2v) is 6.85. The van der Waals surface area contributed by atoms with Crippen LogP contribution in [0.4, 0.5) is 4.39 Å². The topological polar surface area (TPSA) is 72.4 Å². The molecule has 3 heterocycles. The minimum absolute atomic E-state index is 0.0404. The number of imidazole rings is 1. The van der Waals surface area contributed by atoms with Crippen LogP contribution >= 0.6 is 22.9 Å². The quantitative estimate of drug-likeness (QED) is 0.569. The van der Waals surface area contributed by atoms with E-state index in [1.165, 1.54) is 29.5 Å². The summed E-state index contributed by atoms with van der Waals surface area (Å²) in [6.07, 6.45) is 3.72. The molecule has 0 bridgehead atoms. The highest BCUT2D eigenvalue weighted by molar-refractivity contribution is 7.15. The van der Waals surface area contributed by atoms with Gasteiger partial charge in [0.15, 0.2) is 4.96 Å². The van der Waals surface area contributed by atoms with Gasteiger partial charge in [0.1, 0.15) is 22.8 Å². The highest BCUT2D eigenvalue weighted by Crippen LogP contribution is 2.33. The van der Waals surface area contributed by atoms with Crippen molar-refractivity contribution in [3.8, 4) is 11.3 Å². The number of hydrogen-bond donors (Lipinski definition) is 1. The molecule has 26 heavy (non-hydrogen) atoms. The van der Waals surface area contributed by atoms with Crippen LogP contribution in [0.2, 0.25) is 5.02 Å². The molecule has 0 fully saturated rings. The number of fused-ring (bicyclic) bond motifs is 1. The van der Waals surface area contributed by atoms with Gasteiger partial charge in [0.2, 0.25) is 0 Å². The lowest BCUT2D eigenvalue weighted by atomic mass is 10.0. The summed E-state index contributed by atoms with van der Waals surface area (Å²) in [7, 11) is 0. The molecule has 132 valence electrons. The van der Waals surface area contributed by atoms with E-state index >= 15 is 0 Å². The van der Waals surface area contributed by atoms with Gasteiger partial charge in [0.25, 0.3) is 5.91 Å². The van der Waals surface area contributed by atoms with Gasteiger partial charge in [-0.05, 0) is 19.1 Å². The summed E-state index contributed by atoms with van der Waals surface area (Å²) in [5, 5.41) is 8.68. The summed E-state index contributed by atoms with van der Waals surface area (Å²) >= 11 is 7.59. The third-order valence-corrected chi connectivity index (χ3v) is 4.95. The molecule has 9 heteroatoms. The van der Waals surface area contributed by atoms with Gasteiger partial charge in [-0.3, -0.25) is 9.20 Å². The average molecular weight is 391 g/mol. The number of aryl methyl sites for hydroxylation is 1. The van der Waals surface area contributed by atoms with Crippen molar-refractivity contribution < 1.29 is 13.7 Å². The maximum atomic E-state index is 14.2. The van der Waals surface area contributed by atoms with Gasteiger partial charge in [0, 0.05) is 17.8 Å². The van der Waals surface area contributed by atoms with E-state index in [4.69, 9.17) is 16.1 Å². The van der Waals surface area contributed by atoms with Crippen molar-refractivity contribution in [2.24, 2.45) is 0 Å². The fraction of sp³-hybridized carbons (Fsp3) is 0.118. The molecule has 1 N–H and O–H groups in total. The molecule has 6 nitrogen and oxygen atoms in total. The Morgan fingerprint density at radius 3 is 3.08 bits per heavy atom. The van der Waals surface area contributed by atoms with E-state index < -0.39 is 11.7 Å². The van der Waals surface area contributed by atoms with Gasteiger partial charge in [-0.2, -0.15) is 0 Å². The Morgan fingerprint density at radius 1 is 1.46 bits per heavy atom. The predicted octanol–water partition coefficient (Wildman–Crippen LogP) is 4.08. The number of benzene rings is 1. The summed E-state index contributed by atoms with van der Waals surface area (Å²) < 4.78 is 21.2. The van der Waals surface area contributed by atoms with E-state index in [1.54, 1.807) is 6.92 Å². The minimum atomic E-state index is -0.575. The first kappa shape index (κ1) is 16.7. The van der Waals surface area contributed by atoms with Gasteiger partial charge in [-0.1, -0.05) is 22.8 Å². The summed E-state index contributed by atoms with van der Waals surface area (Å²) in [4.78, 5) is 17.9. The number of nitrogens with one attached hydrogen (secondary N) is 1. The van der Waals surface area contributed by atoms with Crippen LogP contribution in [0.5, 0.6) is 0 Å². The van der Waals surface area contributed by atoms with Crippen LogP contribution in [0.25, 0.3) is 16.2 Å². The molecule has 0 radical (unpaired) electrons. The van der Waals surface area contributed by atoms with Gasteiger partial charge < -0.3 is 9.84 Å². The SMILES string of the molecule is Cc1onc(-c2c(F)cccc2Cl)c1C(=O)NCc1cn2ccsc2n1. The van der Waals surface area contributed by atoms with E-state index in [0.717, 1.165) is 4.96 Å². The van der Waals surface area contributed by atoms with Crippen molar-refractivity contribution in [2.75, 3.05) is 0 Å². The van der Waals surface area contributed by atoms with Crippen LogP contribution in [0.15, 0.2) is 40.5 Å². The number of carbonyl (C=O) groups excluding carboxylic acids is 1. The first-order valence-electron chi connectivity index (χ1n) is 7.64. The fourth-order valence-electron chi connectivity index (χ4n) is 2.65. The Bertz CT molecular complexity index is 1070. The molecule has 0 spiro atoms. The lowest BCUT2D eigenvalue weighted by molar-refractivity contribution is 0.0949. The average Bonchev–Trinajstić information content (AvgIpc) is 3.27. The molecular formula is C17H12ClFN4O2S. The fourth-order valence-corrected chi connectivity index (χ4v) is 3.63.